The van der Waals surface area contributed by atoms with Gasteiger partial charge in [0.1, 0.15) is 0 Å². The minimum absolute atomic E-state index is 0.140. The standard InChI is InChI=1S/C18H20N2O4S2/c21-15-3-1-13(9-17(15)23)11-19-5-7-25-26-8-6-20-12-14-2-4-16(22)18(24)10-14/h1-4,9-12,21-24H,5-8H2. The van der Waals surface area contributed by atoms with Gasteiger partial charge in [-0.2, -0.15) is 0 Å². The normalized spacial score (nSPS) is 11.5. The molecule has 0 bridgehead atoms. The fraction of sp³-hybridized carbons (Fsp3) is 0.222. The predicted octanol–water partition coefficient (Wildman–Crippen LogP) is 3.43. The lowest BCUT2D eigenvalue weighted by atomic mass is 10.2. The number of aromatic hydroxyl groups is 4. The van der Waals surface area contributed by atoms with Gasteiger partial charge in [0.05, 0.1) is 0 Å². The van der Waals surface area contributed by atoms with Crippen molar-refractivity contribution in [1.82, 2.24) is 0 Å². The summed E-state index contributed by atoms with van der Waals surface area (Å²) in [6, 6.07) is 9.17. The summed E-state index contributed by atoms with van der Waals surface area (Å²) in [6.07, 6.45) is 3.34. The number of benzene rings is 2. The van der Waals surface area contributed by atoms with Crippen molar-refractivity contribution in [3.63, 3.8) is 0 Å². The van der Waals surface area contributed by atoms with E-state index >= 15 is 0 Å². The Hall–Kier alpha value is -2.32. The number of hydrogen-bond acceptors (Lipinski definition) is 8. The molecule has 2 aromatic rings. The minimum atomic E-state index is -0.151. The van der Waals surface area contributed by atoms with Crippen LogP contribution in [0.15, 0.2) is 46.4 Å². The third-order valence-corrected chi connectivity index (χ3v) is 5.54. The number of rotatable bonds is 9. The Morgan fingerprint density at radius 1 is 0.654 bits per heavy atom. The van der Waals surface area contributed by atoms with Gasteiger partial charge in [-0.1, -0.05) is 21.6 Å². The van der Waals surface area contributed by atoms with E-state index in [0.717, 1.165) is 22.6 Å². The summed E-state index contributed by atoms with van der Waals surface area (Å²) in [5, 5.41) is 37.2. The maximum atomic E-state index is 9.39. The third kappa shape index (κ3) is 6.89. The van der Waals surface area contributed by atoms with Gasteiger partial charge in [0.2, 0.25) is 0 Å². The van der Waals surface area contributed by atoms with Crippen LogP contribution >= 0.6 is 21.6 Å². The van der Waals surface area contributed by atoms with Crippen LogP contribution in [0.25, 0.3) is 0 Å². The molecule has 0 fully saturated rings. The van der Waals surface area contributed by atoms with Crippen molar-refractivity contribution in [1.29, 1.82) is 0 Å². The molecule has 138 valence electrons. The molecule has 8 heteroatoms. The summed E-state index contributed by atoms with van der Waals surface area (Å²) >= 11 is 0. The molecule has 0 heterocycles. The van der Waals surface area contributed by atoms with Crippen molar-refractivity contribution in [2.75, 3.05) is 24.6 Å². The molecule has 0 aromatic heterocycles. The first-order valence-electron chi connectivity index (χ1n) is 7.84. The number of nitrogens with zero attached hydrogens (tertiary/aromatic N) is 2. The Kier molecular flexibility index (Phi) is 8.17. The van der Waals surface area contributed by atoms with Gasteiger partial charge in [-0.3, -0.25) is 9.98 Å². The number of hydrogen-bond donors (Lipinski definition) is 4. The van der Waals surface area contributed by atoms with E-state index in [1.54, 1.807) is 46.1 Å². The van der Waals surface area contributed by atoms with Crippen LogP contribution in [0.1, 0.15) is 11.1 Å². The van der Waals surface area contributed by atoms with E-state index in [4.69, 9.17) is 0 Å². The summed E-state index contributed by atoms with van der Waals surface area (Å²) in [7, 11) is 3.42. The predicted molar refractivity (Wildman–Crippen MR) is 109 cm³/mol. The van der Waals surface area contributed by atoms with Crippen LogP contribution in [-0.2, 0) is 0 Å². The molecule has 0 amide bonds. The topological polar surface area (TPSA) is 106 Å². The van der Waals surface area contributed by atoms with Crippen LogP contribution in [0.3, 0.4) is 0 Å². The summed E-state index contributed by atoms with van der Waals surface area (Å²) < 4.78 is 0. The Labute approximate surface area is 159 Å². The second kappa shape index (κ2) is 10.6. The van der Waals surface area contributed by atoms with E-state index in [1.807, 2.05) is 0 Å². The number of phenolic OH excluding ortho intramolecular Hbond substituents is 4. The maximum absolute atomic E-state index is 9.39. The van der Waals surface area contributed by atoms with Crippen molar-refractivity contribution < 1.29 is 20.4 Å². The van der Waals surface area contributed by atoms with Gasteiger partial charge in [0.25, 0.3) is 0 Å². The highest BCUT2D eigenvalue weighted by atomic mass is 33.1. The van der Waals surface area contributed by atoms with Crippen molar-refractivity contribution in [2.45, 2.75) is 0 Å². The molecule has 0 aliphatic heterocycles. The van der Waals surface area contributed by atoms with E-state index in [9.17, 15) is 20.4 Å². The van der Waals surface area contributed by atoms with Gasteiger partial charge < -0.3 is 20.4 Å². The molecule has 26 heavy (non-hydrogen) atoms. The van der Waals surface area contributed by atoms with Gasteiger partial charge in [0, 0.05) is 37.0 Å². The van der Waals surface area contributed by atoms with Gasteiger partial charge >= 0.3 is 0 Å². The molecular weight excluding hydrogens is 372 g/mol. The molecule has 0 spiro atoms. The van der Waals surface area contributed by atoms with Crippen molar-refractivity contribution >= 4 is 34.0 Å². The van der Waals surface area contributed by atoms with Gasteiger partial charge in [-0.05, 0) is 47.5 Å². The molecule has 0 unspecified atom stereocenters. The monoisotopic (exact) mass is 392 g/mol. The van der Waals surface area contributed by atoms with Gasteiger partial charge in [0.15, 0.2) is 23.0 Å². The second-order valence-electron chi connectivity index (χ2n) is 5.21. The Bertz CT molecular complexity index is 716. The minimum Gasteiger partial charge on any atom is -0.504 e. The molecule has 2 aromatic carbocycles. The van der Waals surface area contributed by atoms with Crippen molar-refractivity contribution in [3.05, 3.63) is 47.5 Å². The maximum Gasteiger partial charge on any atom is 0.158 e. The zero-order valence-corrected chi connectivity index (χ0v) is 15.6. The first-order valence-corrected chi connectivity index (χ1v) is 10.3. The largest absolute Gasteiger partial charge is 0.504 e. The number of aliphatic imine (C=N–C) groups is 2. The third-order valence-electron chi connectivity index (χ3n) is 3.17. The zero-order chi connectivity index (χ0) is 18.8. The smallest absolute Gasteiger partial charge is 0.158 e. The van der Waals surface area contributed by atoms with E-state index in [2.05, 4.69) is 9.98 Å². The molecule has 0 saturated heterocycles. The summed E-state index contributed by atoms with van der Waals surface area (Å²) in [5.74, 6) is 1.14. The molecule has 4 N–H and O–H groups in total. The quantitative estimate of drug-likeness (QED) is 0.225. The van der Waals surface area contributed by atoms with E-state index in [0.29, 0.717) is 13.1 Å². The van der Waals surface area contributed by atoms with E-state index in [1.165, 1.54) is 24.3 Å². The van der Waals surface area contributed by atoms with E-state index < -0.39 is 0 Å². The van der Waals surface area contributed by atoms with Crippen LogP contribution in [-0.4, -0.2) is 57.5 Å². The lowest BCUT2D eigenvalue weighted by Gasteiger charge is -1.99. The Morgan fingerprint density at radius 3 is 1.46 bits per heavy atom. The lowest BCUT2D eigenvalue weighted by molar-refractivity contribution is 0.403. The Balaban J connectivity index is 1.56. The van der Waals surface area contributed by atoms with Crippen LogP contribution in [0.4, 0.5) is 0 Å². The SMILES string of the molecule is Oc1ccc(C=NCCSSCCN=Cc2ccc(O)c(O)c2)cc1O. The molecule has 0 atom stereocenters. The van der Waals surface area contributed by atoms with Gasteiger partial charge in [-0.25, -0.2) is 0 Å². The van der Waals surface area contributed by atoms with Crippen LogP contribution in [0, 0.1) is 0 Å². The van der Waals surface area contributed by atoms with Gasteiger partial charge in [-0.15, -0.1) is 0 Å². The molecule has 0 aliphatic rings. The summed E-state index contributed by atoms with van der Waals surface area (Å²) in [4.78, 5) is 8.55. The summed E-state index contributed by atoms with van der Waals surface area (Å²) in [6.45, 7) is 1.32. The zero-order valence-electron chi connectivity index (χ0n) is 13.9. The molecule has 0 saturated carbocycles. The first-order chi connectivity index (χ1) is 12.6. The molecule has 0 aliphatic carbocycles. The summed E-state index contributed by atoms with van der Waals surface area (Å²) in [5.41, 5.74) is 1.49. The van der Waals surface area contributed by atoms with Crippen LogP contribution < -0.4 is 0 Å². The van der Waals surface area contributed by atoms with Crippen molar-refractivity contribution in [3.8, 4) is 23.0 Å². The second-order valence-corrected chi connectivity index (χ2v) is 7.91. The fourth-order valence-electron chi connectivity index (χ4n) is 1.88. The van der Waals surface area contributed by atoms with E-state index in [-0.39, 0.29) is 23.0 Å². The van der Waals surface area contributed by atoms with Crippen LogP contribution in [0.2, 0.25) is 0 Å². The number of phenols is 4. The highest BCUT2D eigenvalue weighted by molar-refractivity contribution is 8.76. The van der Waals surface area contributed by atoms with Crippen molar-refractivity contribution in [2.24, 2.45) is 9.98 Å². The lowest BCUT2D eigenvalue weighted by Crippen LogP contribution is -1.89. The fourth-order valence-corrected chi connectivity index (χ4v) is 3.63. The Morgan fingerprint density at radius 2 is 1.08 bits per heavy atom. The average Bonchev–Trinajstić information content (AvgIpc) is 2.62. The van der Waals surface area contributed by atoms with Crippen LogP contribution in [0.5, 0.6) is 23.0 Å². The highest BCUT2D eigenvalue weighted by Crippen LogP contribution is 2.25. The molecule has 2 rings (SSSR count). The first kappa shape index (κ1) is 20.0. The molecule has 6 nitrogen and oxygen atoms in total. The molecule has 0 radical (unpaired) electrons. The highest BCUT2D eigenvalue weighted by Gasteiger charge is 1.99. The molecular formula is C18H20N2O4S2. The average molecular weight is 393 g/mol.